The second-order valence-corrected chi connectivity index (χ2v) is 8.49. The lowest BCUT2D eigenvalue weighted by atomic mass is 10.0. The lowest BCUT2D eigenvalue weighted by Crippen LogP contribution is -2.42. The van der Waals surface area contributed by atoms with Gasteiger partial charge < -0.3 is 20.9 Å². The maximum absolute atomic E-state index is 12.8. The fourth-order valence-corrected chi connectivity index (χ4v) is 3.90. The average Bonchev–Trinajstić information content (AvgIpc) is 3.15. The van der Waals surface area contributed by atoms with Crippen LogP contribution in [0.3, 0.4) is 0 Å². The quantitative estimate of drug-likeness (QED) is 0.457. The number of imidazole rings is 1. The average molecular weight is 434 g/mol. The van der Waals surface area contributed by atoms with Gasteiger partial charge in [-0.1, -0.05) is 38.1 Å². The Morgan fingerprint density at radius 3 is 2.62 bits per heavy atom. The number of nitrogens with one attached hydrogen (secondary N) is 4. The zero-order valence-electron chi connectivity index (χ0n) is 18.1. The van der Waals surface area contributed by atoms with E-state index in [4.69, 9.17) is 0 Å². The van der Waals surface area contributed by atoms with E-state index < -0.39 is 6.04 Å². The number of hydrogen-bond acceptors (Lipinski definition) is 4. The predicted octanol–water partition coefficient (Wildman–Crippen LogP) is 3.30. The molecule has 1 aliphatic rings. The van der Waals surface area contributed by atoms with Gasteiger partial charge in [0.15, 0.2) is 0 Å². The van der Waals surface area contributed by atoms with Gasteiger partial charge in [0.25, 0.3) is 5.91 Å². The van der Waals surface area contributed by atoms with Gasteiger partial charge in [0, 0.05) is 6.42 Å². The van der Waals surface area contributed by atoms with E-state index in [9.17, 15) is 14.4 Å². The molecule has 8 nitrogen and oxygen atoms in total. The zero-order valence-corrected chi connectivity index (χ0v) is 18.1. The van der Waals surface area contributed by atoms with Crippen LogP contribution in [-0.2, 0) is 9.59 Å². The van der Waals surface area contributed by atoms with Crippen LogP contribution in [0.25, 0.3) is 11.0 Å². The number of carbonyl (C=O) groups excluding carboxylic acids is 3. The number of H-pyrrole nitrogens is 1. The lowest BCUT2D eigenvalue weighted by molar-refractivity contribution is -0.122. The number of benzene rings is 2. The van der Waals surface area contributed by atoms with Gasteiger partial charge in [-0.05, 0) is 43.0 Å². The summed E-state index contributed by atoms with van der Waals surface area (Å²) < 4.78 is 0. The number of aromatic nitrogens is 2. The molecule has 2 atom stereocenters. The Kier molecular flexibility index (Phi) is 6.20. The number of amides is 3. The van der Waals surface area contributed by atoms with Crippen LogP contribution >= 0.6 is 0 Å². The molecule has 2 heterocycles. The van der Waals surface area contributed by atoms with Crippen LogP contribution in [0.1, 0.15) is 55.3 Å². The van der Waals surface area contributed by atoms with E-state index in [1.807, 2.05) is 24.3 Å². The predicted molar refractivity (Wildman–Crippen MR) is 122 cm³/mol. The van der Waals surface area contributed by atoms with Gasteiger partial charge in [-0.2, -0.15) is 0 Å². The van der Waals surface area contributed by atoms with Gasteiger partial charge in [0.2, 0.25) is 11.8 Å². The van der Waals surface area contributed by atoms with Crippen LogP contribution in [0.4, 0.5) is 5.69 Å². The topological polar surface area (TPSA) is 116 Å². The minimum Gasteiger partial charge on any atom is -0.346 e. The summed E-state index contributed by atoms with van der Waals surface area (Å²) >= 11 is 0. The maximum atomic E-state index is 12.8. The van der Waals surface area contributed by atoms with Crippen molar-refractivity contribution in [1.29, 1.82) is 0 Å². The number of hydrogen-bond donors (Lipinski definition) is 4. The monoisotopic (exact) mass is 433 g/mol. The van der Waals surface area contributed by atoms with Crippen molar-refractivity contribution in [1.82, 2.24) is 20.6 Å². The molecular formula is C24H27N5O3. The minimum absolute atomic E-state index is 0.101. The van der Waals surface area contributed by atoms with Gasteiger partial charge in [-0.25, -0.2) is 4.98 Å². The summed E-state index contributed by atoms with van der Waals surface area (Å²) in [5.41, 5.74) is 2.66. The Morgan fingerprint density at radius 2 is 1.84 bits per heavy atom. The minimum atomic E-state index is -0.782. The largest absolute Gasteiger partial charge is 0.346 e. The molecule has 0 saturated heterocycles. The smallest absolute Gasteiger partial charge is 0.254 e. The number of rotatable bonds is 7. The molecule has 4 rings (SSSR count). The van der Waals surface area contributed by atoms with Crippen molar-refractivity contribution in [2.75, 3.05) is 5.32 Å². The maximum Gasteiger partial charge on any atom is 0.254 e. The normalized spacial score (nSPS) is 16.8. The second-order valence-electron chi connectivity index (χ2n) is 8.49. The van der Waals surface area contributed by atoms with Crippen molar-refractivity contribution < 1.29 is 14.4 Å². The molecule has 4 N–H and O–H groups in total. The van der Waals surface area contributed by atoms with Crippen LogP contribution in [0.15, 0.2) is 48.5 Å². The highest BCUT2D eigenvalue weighted by molar-refractivity contribution is 6.09. The number of aromatic amines is 1. The lowest BCUT2D eigenvalue weighted by Gasteiger charge is -2.20. The third-order valence-electron chi connectivity index (χ3n) is 5.49. The Labute approximate surface area is 186 Å². The summed E-state index contributed by atoms with van der Waals surface area (Å²) in [6.07, 6.45) is 1.02. The first-order valence-corrected chi connectivity index (χ1v) is 10.9. The van der Waals surface area contributed by atoms with E-state index in [-0.39, 0.29) is 36.6 Å². The summed E-state index contributed by atoms with van der Waals surface area (Å²) in [5.74, 6) is 0.208. The fraction of sp³-hybridized carbons (Fsp3) is 0.333. The second kappa shape index (κ2) is 9.21. The number of fused-ring (bicyclic) bond motifs is 2. The van der Waals surface area contributed by atoms with E-state index in [1.165, 1.54) is 0 Å². The van der Waals surface area contributed by atoms with Crippen molar-refractivity contribution in [2.45, 2.75) is 45.2 Å². The zero-order chi connectivity index (χ0) is 22.7. The molecule has 2 aromatic carbocycles. The summed E-state index contributed by atoms with van der Waals surface area (Å²) in [7, 11) is 0. The van der Waals surface area contributed by atoms with Gasteiger partial charge in [0.05, 0.1) is 28.3 Å². The van der Waals surface area contributed by atoms with Crippen molar-refractivity contribution in [3.63, 3.8) is 0 Å². The molecule has 166 valence electrons. The van der Waals surface area contributed by atoms with Gasteiger partial charge in [-0.3, -0.25) is 14.4 Å². The highest BCUT2D eigenvalue weighted by Crippen LogP contribution is 2.23. The molecule has 0 unspecified atom stereocenters. The van der Waals surface area contributed by atoms with Gasteiger partial charge in [0.1, 0.15) is 11.9 Å². The van der Waals surface area contributed by atoms with Crippen LogP contribution in [-0.4, -0.2) is 33.7 Å². The molecule has 3 aromatic rings. The number of anilines is 1. The Morgan fingerprint density at radius 1 is 1.09 bits per heavy atom. The molecule has 32 heavy (non-hydrogen) atoms. The molecule has 0 aliphatic carbocycles. The number of carbonyl (C=O) groups is 3. The summed E-state index contributed by atoms with van der Waals surface area (Å²) in [4.78, 5) is 45.7. The molecule has 1 aromatic heterocycles. The van der Waals surface area contributed by atoms with Gasteiger partial charge in [-0.15, -0.1) is 0 Å². The molecule has 0 radical (unpaired) electrons. The fourth-order valence-electron chi connectivity index (χ4n) is 3.90. The van der Waals surface area contributed by atoms with E-state index >= 15 is 0 Å². The van der Waals surface area contributed by atoms with Crippen molar-refractivity contribution in [3.8, 4) is 0 Å². The molecular weight excluding hydrogens is 406 g/mol. The number of para-hydroxylation sites is 3. The van der Waals surface area contributed by atoms with E-state index in [0.29, 0.717) is 23.0 Å². The molecule has 1 aliphatic heterocycles. The highest BCUT2D eigenvalue weighted by Gasteiger charge is 2.28. The van der Waals surface area contributed by atoms with Gasteiger partial charge >= 0.3 is 0 Å². The molecule has 0 saturated carbocycles. The van der Waals surface area contributed by atoms with E-state index in [1.54, 1.807) is 24.3 Å². The van der Waals surface area contributed by atoms with Crippen molar-refractivity contribution >= 4 is 34.4 Å². The SMILES string of the molecule is CC(C)C[C@H](NC(=O)CC[C@@H]1NC(=O)c2ccccc2NC1=O)c1nc2ccccc2[nH]1. The first kappa shape index (κ1) is 21.5. The molecule has 3 amide bonds. The first-order chi connectivity index (χ1) is 15.4. The summed E-state index contributed by atoms with van der Waals surface area (Å²) in [5, 5.41) is 8.54. The standard InChI is InChI=1S/C24H27N5O3/c1-14(2)13-20(22-26-17-9-5-6-10-18(17)27-22)25-21(30)12-11-19-24(32)28-16-8-4-3-7-15(16)23(31)29-19/h3-10,14,19-20H,11-13H2,1-2H3,(H,25,30)(H,26,27)(H,28,32)(H,29,31)/t19-,20-/m0/s1. The van der Waals surface area contributed by atoms with Crippen molar-refractivity contribution in [2.24, 2.45) is 5.92 Å². The Bertz CT molecular complexity index is 1120. The van der Waals surface area contributed by atoms with E-state index in [0.717, 1.165) is 17.5 Å². The highest BCUT2D eigenvalue weighted by atomic mass is 16.2. The summed E-state index contributed by atoms with van der Waals surface area (Å²) in [6, 6.07) is 13.5. The van der Waals surface area contributed by atoms with Crippen LogP contribution in [0.2, 0.25) is 0 Å². The molecule has 0 fully saturated rings. The Balaban J connectivity index is 1.41. The third-order valence-corrected chi connectivity index (χ3v) is 5.49. The Hall–Kier alpha value is -3.68. The van der Waals surface area contributed by atoms with Crippen molar-refractivity contribution in [3.05, 3.63) is 59.9 Å². The van der Waals surface area contributed by atoms with Crippen LogP contribution in [0.5, 0.6) is 0 Å². The molecule has 0 bridgehead atoms. The van der Waals surface area contributed by atoms with E-state index in [2.05, 4.69) is 39.8 Å². The molecule has 8 heteroatoms. The first-order valence-electron chi connectivity index (χ1n) is 10.9. The number of nitrogens with zero attached hydrogens (tertiary/aromatic N) is 1. The van der Waals surface area contributed by atoms with Crippen LogP contribution in [0, 0.1) is 5.92 Å². The molecule has 0 spiro atoms. The van der Waals surface area contributed by atoms with Crippen LogP contribution < -0.4 is 16.0 Å². The summed E-state index contributed by atoms with van der Waals surface area (Å²) in [6.45, 7) is 4.18. The third kappa shape index (κ3) is 4.80.